The molecule has 0 aliphatic carbocycles. The van der Waals surface area contributed by atoms with Gasteiger partial charge in [0.25, 0.3) is 0 Å². The number of ether oxygens (including phenoxy) is 2. The van der Waals surface area contributed by atoms with E-state index in [4.69, 9.17) is 14.5 Å². The zero-order valence-corrected chi connectivity index (χ0v) is 18.3. The largest absolute Gasteiger partial charge is 0.495 e. The van der Waals surface area contributed by atoms with Gasteiger partial charge in [0.05, 0.1) is 31.7 Å². The number of hydrogen-bond donors (Lipinski definition) is 2. The third-order valence-electron chi connectivity index (χ3n) is 6.02. The number of hydrogen-bond acceptors (Lipinski definition) is 6. The van der Waals surface area contributed by atoms with Crippen LogP contribution in [0.4, 0.5) is 17.2 Å². The molecule has 8 heteroatoms. The Balaban J connectivity index is 1.37. The number of morpholine rings is 1. The molecule has 2 N–H and O–H groups in total. The number of imidazole rings is 1. The van der Waals surface area contributed by atoms with Crippen molar-refractivity contribution in [2.24, 2.45) is 0 Å². The molecule has 0 spiro atoms. The summed E-state index contributed by atoms with van der Waals surface area (Å²) in [6.07, 6.45) is 7.66. The van der Waals surface area contributed by atoms with Gasteiger partial charge in [-0.15, -0.1) is 0 Å². The Labute approximate surface area is 190 Å². The molecule has 4 heterocycles. The molecule has 0 radical (unpaired) electrons. The summed E-state index contributed by atoms with van der Waals surface area (Å²) >= 11 is 0. The molecule has 0 bridgehead atoms. The number of anilines is 3. The van der Waals surface area contributed by atoms with E-state index in [1.807, 2.05) is 35.1 Å². The van der Waals surface area contributed by atoms with E-state index in [-0.39, 0.29) is 0 Å². The molecule has 0 unspecified atom stereocenters. The summed E-state index contributed by atoms with van der Waals surface area (Å²) in [5, 5.41) is 4.63. The number of fused-ring (bicyclic) bond motifs is 2. The molecule has 1 aliphatic rings. The summed E-state index contributed by atoms with van der Waals surface area (Å²) < 4.78 is 13.2. The van der Waals surface area contributed by atoms with Crippen molar-refractivity contribution in [3.8, 4) is 17.0 Å². The zero-order chi connectivity index (χ0) is 22.2. The average molecular weight is 441 g/mol. The van der Waals surface area contributed by atoms with E-state index < -0.39 is 0 Å². The van der Waals surface area contributed by atoms with Crippen molar-refractivity contribution >= 4 is 33.7 Å². The molecule has 2 aromatic carbocycles. The van der Waals surface area contributed by atoms with Crippen LogP contribution in [0.3, 0.4) is 0 Å². The highest BCUT2D eigenvalue weighted by Crippen LogP contribution is 2.34. The Morgan fingerprint density at radius 3 is 2.88 bits per heavy atom. The van der Waals surface area contributed by atoms with Crippen LogP contribution in [0.15, 0.2) is 67.3 Å². The smallest absolute Gasteiger partial charge is 0.180 e. The van der Waals surface area contributed by atoms with E-state index in [1.54, 1.807) is 13.3 Å². The molecule has 0 atom stereocenters. The molecule has 1 saturated heterocycles. The van der Waals surface area contributed by atoms with Gasteiger partial charge in [-0.05, 0) is 29.7 Å². The second-order valence-electron chi connectivity index (χ2n) is 8.02. The molecule has 1 fully saturated rings. The Hall–Kier alpha value is -4.04. The monoisotopic (exact) mass is 440 g/mol. The number of H-pyrrole nitrogens is 1. The first-order chi connectivity index (χ1) is 16.3. The lowest BCUT2D eigenvalue weighted by molar-refractivity contribution is 0.122. The number of nitrogens with one attached hydrogen (secondary N) is 2. The number of methoxy groups -OCH3 is 1. The molecule has 0 amide bonds. The number of aromatic amines is 1. The fourth-order valence-corrected chi connectivity index (χ4v) is 4.32. The highest BCUT2D eigenvalue weighted by Gasteiger charge is 2.17. The normalized spacial score (nSPS) is 14.2. The molecule has 166 valence electrons. The Kier molecular flexibility index (Phi) is 4.84. The van der Waals surface area contributed by atoms with Crippen molar-refractivity contribution in [2.45, 2.75) is 0 Å². The topological polar surface area (TPSA) is 79.7 Å². The Morgan fingerprint density at radius 1 is 1.09 bits per heavy atom. The van der Waals surface area contributed by atoms with Crippen LogP contribution in [-0.2, 0) is 4.74 Å². The second-order valence-corrected chi connectivity index (χ2v) is 8.02. The molecular formula is C25H24N6O2. The molecule has 3 aromatic heterocycles. The van der Waals surface area contributed by atoms with Gasteiger partial charge in [-0.2, -0.15) is 0 Å². The predicted molar refractivity (Wildman–Crippen MR) is 130 cm³/mol. The molecule has 0 saturated carbocycles. The summed E-state index contributed by atoms with van der Waals surface area (Å²) in [6, 6.07) is 14.5. The maximum Gasteiger partial charge on any atom is 0.180 e. The quantitative estimate of drug-likeness (QED) is 0.420. The van der Waals surface area contributed by atoms with Gasteiger partial charge in [-0.1, -0.05) is 12.1 Å². The van der Waals surface area contributed by atoms with E-state index in [2.05, 4.69) is 50.5 Å². The maximum atomic E-state index is 5.71. The summed E-state index contributed by atoms with van der Waals surface area (Å²) in [4.78, 5) is 15.0. The minimum Gasteiger partial charge on any atom is -0.495 e. The predicted octanol–water partition coefficient (Wildman–Crippen LogP) is 4.47. The van der Waals surface area contributed by atoms with Gasteiger partial charge < -0.3 is 29.1 Å². The van der Waals surface area contributed by atoms with Crippen LogP contribution < -0.4 is 15.0 Å². The molecule has 8 nitrogen and oxygen atoms in total. The minimum absolute atomic E-state index is 0.685. The lowest BCUT2D eigenvalue weighted by atomic mass is 10.1. The number of aromatic nitrogens is 4. The minimum atomic E-state index is 0.685. The molecule has 6 rings (SSSR count). The summed E-state index contributed by atoms with van der Waals surface area (Å²) in [5.41, 5.74) is 5.69. The van der Waals surface area contributed by atoms with Gasteiger partial charge in [-0.25, -0.2) is 9.97 Å². The standard InChI is InChI=1S/C25H24N6O2/c1-32-23-15-19(4-5-22(23)30-10-12-33-13-11-30)28-24-25-27-8-9-31(25)16-21(29-24)18-3-2-17-6-7-26-20(17)14-18/h2-9,14-16,26H,10-13H2,1H3,(H,28,29). The summed E-state index contributed by atoms with van der Waals surface area (Å²) in [6.45, 7) is 3.16. The van der Waals surface area contributed by atoms with Crippen LogP contribution in [0.2, 0.25) is 0 Å². The van der Waals surface area contributed by atoms with Crippen LogP contribution in [-0.4, -0.2) is 52.8 Å². The van der Waals surface area contributed by atoms with Crippen LogP contribution in [0.5, 0.6) is 5.75 Å². The van der Waals surface area contributed by atoms with E-state index in [9.17, 15) is 0 Å². The second kappa shape index (κ2) is 8.14. The van der Waals surface area contributed by atoms with Gasteiger partial charge in [-0.3, -0.25) is 0 Å². The molecule has 5 aromatic rings. The van der Waals surface area contributed by atoms with Crippen LogP contribution in [0.1, 0.15) is 0 Å². The lowest BCUT2D eigenvalue weighted by Crippen LogP contribution is -2.36. The first-order valence-electron chi connectivity index (χ1n) is 11.0. The molecule has 1 aliphatic heterocycles. The van der Waals surface area contributed by atoms with Crippen molar-refractivity contribution in [3.05, 3.63) is 67.3 Å². The van der Waals surface area contributed by atoms with Crippen molar-refractivity contribution in [2.75, 3.05) is 43.6 Å². The van der Waals surface area contributed by atoms with Gasteiger partial charge in [0.15, 0.2) is 11.5 Å². The third-order valence-corrected chi connectivity index (χ3v) is 6.02. The summed E-state index contributed by atoms with van der Waals surface area (Å²) in [5.74, 6) is 1.50. The molecule has 33 heavy (non-hydrogen) atoms. The highest BCUT2D eigenvalue weighted by molar-refractivity contribution is 5.85. The van der Waals surface area contributed by atoms with Crippen molar-refractivity contribution in [1.82, 2.24) is 19.4 Å². The number of rotatable bonds is 5. The van der Waals surface area contributed by atoms with Gasteiger partial charge >= 0.3 is 0 Å². The van der Waals surface area contributed by atoms with Crippen molar-refractivity contribution in [1.29, 1.82) is 0 Å². The molecular weight excluding hydrogens is 416 g/mol. The lowest BCUT2D eigenvalue weighted by Gasteiger charge is -2.30. The average Bonchev–Trinajstić information content (AvgIpc) is 3.53. The van der Waals surface area contributed by atoms with Crippen LogP contribution in [0.25, 0.3) is 27.8 Å². The van der Waals surface area contributed by atoms with Crippen LogP contribution in [0, 0.1) is 0 Å². The maximum absolute atomic E-state index is 5.71. The Bertz CT molecular complexity index is 1430. The number of nitrogens with zero attached hydrogens (tertiary/aromatic N) is 4. The van der Waals surface area contributed by atoms with E-state index in [0.717, 1.165) is 65.8 Å². The van der Waals surface area contributed by atoms with Gasteiger partial charge in [0.2, 0.25) is 0 Å². The Morgan fingerprint density at radius 2 is 2.00 bits per heavy atom. The highest BCUT2D eigenvalue weighted by atomic mass is 16.5. The van der Waals surface area contributed by atoms with Crippen molar-refractivity contribution < 1.29 is 9.47 Å². The SMILES string of the molecule is COc1cc(Nc2nc(-c3ccc4cc[nH]c4c3)cn3ccnc23)ccc1N1CCOCC1. The van der Waals surface area contributed by atoms with Crippen LogP contribution >= 0.6 is 0 Å². The third kappa shape index (κ3) is 3.64. The van der Waals surface area contributed by atoms with Crippen molar-refractivity contribution in [3.63, 3.8) is 0 Å². The number of benzene rings is 2. The zero-order valence-electron chi connectivity index (χ0n) is 18.3. The summed E-state index contributed by atoms with van der Waals surface area (Å²) in [7, 11) is 1.70. The fourth-order valence-electron chi connectivity index (χ4n) is 4.32. The van der Waals surface area contributed by atoms with E-state index >= 15 is 0 Å². The fraction of sp³-hybridized carbons (Fsp3) is 0.200. The van der Waals surface area contributed by atoms with Gasteiger partial charge in [0, 0.05) is 60.7 Å². The first-order valence-corrected chi connectivity index (χ1v) is 11.0. The first kappa shape index (κ1) is 19.6. The van der Waals surface area contributed by atoms with E-state index in [0.29, 0.717) is 5.82 Å². The van der Waals surface area contributed by atoms with Gasteiger partial charge in [0.1, 0.15) is 5.75 Å². The van der Waals surface area contributed by atoms with E-state index in [1.165, 1.54) is 5.39 Å².